The Balaban J connectivity index is 2.68. The summed E-state index contributed by atoms with van der Waals surface area (Å²) in [4.78, 5) is 2.34. The van der Waals surface area contributed by atoms with E-state index in [4.69, 9.17) is 0 Å². The third kappa shape index (κ3) is 1.28. The third-order valence-electron chi connectivity index (χ3n) is 1.86. The fraction of sp³-hybridized carbons (Fsp3) is 0.111. The van der Waals surface area contributed by atoms with E-state index >= 15 is 0 Å². The van der Waals surface area contributed by atoms with Gasteiger partial charge in [0.25, 0.3) is 6.43 Å². The molecule has 2 rings (SSSR count). The van der Waals surface area contributed by atoms with Gasteiger partial charge in [-0.2, -0.15) is 0 Å². The summed E-state index contributed by atoms with van der Waals surface area (Å²) in [6.45, 7) is 0. The molecule has 0 aliphatic rings. The third-order valence-corrected chi connectivity index (χ3v) is 1.86. The van der Waals surface area contributed by atoms with E-state index in [0.717, 1.165) is 0 Å². The van der Waals surface area contributed by atoms with Crippen molar-refractivity contribution in [3.63, 3.8) is 0 Å². The van der Waals surface area contributed by atoms with E-state index < -0.39 is 12.2 Å². The minimum atomic E-state index is -2.59. The molecular formula is C9H6F3N. The van der Waals surface area contributed by atoms with Crippen molar-refractivity contribution in [3.05, 3.63) is 35.8 Å². The van der Waals surface area contributed by atoms with Crippen LogP contribution in [0.15, 0.2) is 24.3 Å². The second-order valence-electron chi connectivity index (χ2n) is 2.73. The second kappa shape index (κ2) is 2.80. The fourth-order valence-corrected chi connectivity index (χ4v) is 1.26. The first-order valence-corrected chi connectivity index (χ1v) is 3.74. The maximum Gasteiger partial charge on any atom is 0.278 e. The molecule has 0 spiro atoms. The van der Waals surface area contributed by atoms with E-state index in [-0.39, 0.29) is 11.2 Å². The summed E-state index contributed by atoms with van der Waals surface area (Å²) in [6, 6.07) is 5.55. The van der Waals surface area contributed by atoms with Gasteiger partial charge < -0.3 is 4.98 Å². The predicted octanol–water partition coefficient (Wildman–Crippen LogP) is 3.24. The van der Waals surface area contributed by atoms with Gasteiger partial charge in [-0.15, -0.1) is 0 Å². The summed E-state index contributed by atoms with van der Waals surface area (Å²) in [5.41, 5.74) is -0.113. The van der Waals surface area contributed by atoms with Crippen LogP contribution >= 0.6 is 0 Å². The standard InChI is InChI=1S/C9H6F3N/c10-6-3-1-2-5-4-7(9(11)12)13-8(5)6/h1-4,9,13H. The van der Waals surface area contributed by atoms with Gasteiger partial charge >= 0.3 is 0 Å². The monoisotopic (exact) mass is 185 g/mol. The Labute approximate surface area is 72.2 Å². The molecule has 1 aromatic carbocycles. The Morgan fingerprint density at radius 2 is 2.00 bits per heavy atom. The maximum atomic E-state index is 13.0. The molecule has 0 unspecified atom stereocenters. The quantitative estimate of drug-likeness (QED) is 0.701. The van der Waals surface area contributed by atoms with Crippen LogP contribution < -0.4 is 0 Å². The average Bonchev–Trinajstić information content (AvgIpc) is 2.49. The van der Waals surface area contributed by atoms with Crippen LogP contribution in [0.5, 0.6) is 0 Å². The van der Waals surface area contributed by atoms with Crippen molar-refractivity contribution in [1.29, 1.82) is 0 Å². The van der Waals surface area contributed by atoms with Gasteiger partial charge in [-0.25, -0.2) is 13.2 Å². The van der Waals surface area contributed by atoms with Crippen molar-refractivity contribution < 1.29 is 13.2 Å². The highest BCUT2D eigenvalue weighted by atomic mass is 19.3. The largest absolute Gasteiger partial charge is 0.351 e. The molecule has 0 radical (unpaired) electrons. The lowest BCUT2D eigenvalue weighted by Gasteiger charge is -1.91. The highest BCUT2D eigenvalue weighted by molar-refractivity contribution is 5.80. The number of aromatic amines is 1. The number of hydrogen-bond acceptors (Lipinski definition) is 0. The molecular weight excluding hydrogens is 179 g/mol. The highest BCUT2D eigenvalue weighted by Gasteiger charge is 2.11. The van der Waals surface area contributed by atoms with Crippen LogP contribution in [-0.2, 0) is 0 Å². The van der Waals surface area contributed by atoms with Crippen molar-refractivity contribution in [2.75, 3.05) is 0 Å². The topological polar surface area (TPSA) is 15.8 Å². The second-order valence-corrected chi connectivity index (χ2v) is 2.73. The first-order valence-electron chi connectivity index (χ1n) is 3.74. The Hall–Kier alpha value is -1.45. The zero-order chi connectivity index (χ0) is 9.42. The molecule has 13 heavy (non-hydrogen) atoms. The van der Waals surface area contributed by atoms with Gasteiger partial charge in [-0.05, 0) is 12.1 Å². The minimum Gasteiger partial charge on any atom is -0.351 e. The number of para-hydroxylation sites is 1. The molecule has 1 N–H and O–H groups in total. The van der Waals surface area contributed by atoms with Crippen LogP contribution in [0, 0.1) is 5.82 Å². The number of fused-ring (bicyclic) bond motifs is 1. The molecule has 0 bridgehead atoms. The van der Waals surface area contributed by atoms with E-state index in [2.05, 4.69) is 4.98 Å². The number of rotatable bonds is 1. The molecule has 1 heterocycles. The molecule has 4 heteroatoms. The summed E-state index contributed by atoms with van der Waals surface area (Å²) < 4.78 is 37.4. The van der Waals surface area contributed by atoms with Gasteiger partial charge in [0, 0.05) is 5.39 Å². The van der Waals surface area contributed by atoms with E-state index in [1.54, 1.807) is 6.07 Å². The smallest absolute Gasteiger partial charge is 0.278 e. The molecule has 0 saturated heterocycles. The van der Waals surface area contributed by atoms with Gasteiger partial charge in [0.1, 0.15) is 5.82 Å². The van der Waals surface area contributed by atoms with Crippen LogP contribution in [-0.4, -0.2) is 4.98 Å². The molecule has 68 valence electrons. The van der Waals surface area contributed by atoms with Crippen molar-refractivity contribution in [1.82, 2.24) is 4.98 Å². The number of H-pyrrole nitrogens is 1. The van der Waals surface area contributed by atoms with Gasteiger partial charge in [-0.1, -0.05) is 12.1 Å². The lowest BCUT2D eigenvalue weighted by molar-refractivity contribution is 0.147. The number of alkyl halides is 2. The average molecular weight is 185 g/mol. The molecule has 0 aliphatic carbocycles. The van der Waals surface area contributed by atoms with Crippen molar-refractivity contribution in [3.8, 4) is 0 Å². The zero-order valence-electron chi connectivity index (χ0n) is 6.52. The lowest BCUT2D eigenvalue weighted by atomic mass is 10.2. The summed E-state index contributed by atoms with van der Waals surface area (Å²) in [6.07, 6.45) is -2.59. The SMILES string of the molecule is Fc1cccc2cc(C(F)F)[nH]c12. The number of benzene rings is 1. The zero-order valence-corrected chi connectivity index (χ0v) is 6.52. The van der Waals surface area contributed by atoms with Crippen LogP contribution in [0.4, 0.5) is 13.2 Å². The van der Waals surface area contributed by atoms with Gasteiger partial charge in [0.05, 0.1) is 11.2 Å². The Morgan fingerprint density at radius 3 is 2.62 bits per heavy atom. The molecule has 0 fully saturated rings. The van der Waals surface area contributed by atoms with E-state index in [1.165, 1.54) is 18.2 Å². The van der Waals surface area contributed by atoms with Gasteiger partial charge in [0.15, 0.2) is 0 Å². The van der Waals surface area contributed by atoms with E-state index in [1.807, 2.05) is 0 Å². The van der Waals surface area contributed by atoms with Crippen LogP contribution in [0.25, 0.3) is 10.9 Å². The molecule has 2 aromatic rings. The normalized spacial score (nSPS) is 11.4. The lowest BCUT2D eigenvalue weighted by Crippen LogP contribution is -1.82. The minimum absolute atomic E-state index is 0.137. The molecule has 1 aromatic heterocycles. The molecule has 0 aliphatic heterocycles. The molecule has 1 nitrogen and oxygen atoms in total. The molecule has 0 saturated carbocycles. The van der Waals surface area contributed by atoms with E-state index in [0.29, 0.717) is 5.39 Å². The Bertz CT molecular complexity index is 433. The van der Waals surface area contributed by atoms with Crippen LogP contribution in [0.2, 0.25) is 0 Å². The highest BCUT2D eigenvalue weighted by Crippen LogP contribution is 2.24. The summed E-state index contributed by atoms with van der Waals surface area (Å²) >= 11 is 0. The maximum absolute atomic E-state index is 13.0. The van der Waals surface area contributed by atoms with E-state index in [9.17, 15) is 13.2 Å². The van der Waals surface area contributed by atoms with Crippen molar-refractivity contribution in [2.45, 2.75) is 6.43 Å². The van der Waals surface area contributed by atoms with Crippen molar-refractivity contribution >= 4 is 10.9 Å². The van der Waals surface area contributed by atoms with Crippen LogP contribution in [0.3, 0.4) is 0 Å². The summed E-state index contributed by atoms with van der Waals surface area (Å²) in [7, 11) is 0. The Kier molecular flexibility index (Phi) is 1.76. The predicted molar refractivity (Wildman–Crippen MR) is 43.2 cm³/mol. The van der Waals surface area contributed by atoms with Crippen molar-refractivity contribution in [2.24, 2.45) is 0 Å². The number of halogens is 3. The summed E-state index contributed by atoms with van der Waals surface area (Å²) in [5.74, 6) is -0.510. The van der Waals surface area contributed by atoms with Gasteiger partial charge in [-0.3, -0.25) is 0 Å². The fourth-order valence-electron chi connectivity index (χ4n) is 1.26. The Morgan fingerprint density at radius 1 is 1.23 bits per heavy atom. The number of hydrogen-bond donors (Lipinski definition) is 1. The molecule has 0 amide bonds. The number of nitrogens with one attached hydrogen (secondary N) is 1. The number of aromatic nitrogens is 1. The molecule has 0 atom stereocenters. The summed E-state index contributed by atoms with van der Waals surface area (Å²) in [5, 5.41) is 0.468. The van der Waals surface area contributed by atoms with Crippen LogP contribution in [0.1, 0.15) is 12.1 Å². The first kappa shape index (κ1) is 8.16. The van der Waals surface area contributed by atoms with Gasteiger partial charge in [0.2, 0.25) is 0 Å². The first-order chi connectivity index (χ1) is 6.18.